The van der Waals surface area contributed by atoms with Crippen LogP contribution >= 0.6 is 23.2 Å². The van der Waals surface area contributed by atoms with Gasteiger partial charge in [-0.1, -0.05) is 35.3 Å². The van der Waals surface area contributed by atoms with E-state index in [1.165, 1.54) is 7.11 Å². The van der Waals surface area contributed by atoms with Crippen LogP contribution in [0.2, 0.25) is 10.0 Å². The van der Waals surface area contributed by atoms with Crippen LogP contribution in [-0.2, 0) is 9.53 Å². The van der Waals surface area contributed by atoms with Crippen molar-refractivity contribution in [3.05, 3.63) is 33.8 Å². The molecule has 82 valence electrons. The zero-order chi connectivity index (χ0) is 11.4. The van der Waals surface area contributed by atoms with E-state index in [1.807, 2.05) is 0 Å². The fraction of sp³-hybridized carbons (Fsp3) is 0.300. The largest absolute Gasteiger partial charge is 0.469 e. The Balaban J connectivity index is 3.12. The summed E-state index contributed by atoms with van der Waals surface area (Å²) >= 11 is 11.8. The number of benzene rings is 1. The van der Waals surface area contributed by atoms with Crippen LogP contribution < -0.4 is 5.73 Å². The molecule has 1 rings (SSSR count). The number of halogens is 2. The molecule has 3 nitrogen and oxygen atoms in total. The minimum atomic E-state index is -0.568. The van der Waals surface area contributed by atoms with E-state index in [4.69, 9.17) is 28.9 Å². The molecule has 0 aliphatic heterocycles. The molecule has 0 spiro atoms. The van der Waals surface area contributed by atoms with Crippen LogP contribution in [0.1, 0.15) is 11.5 Å². The first-order valence-corrected chi connectivity index (χ1v) is 5.09. The van der Waals surface area contributed by atoms with Crippen LogP contribution in [0.15, 0.2) is 18.2 Å². The Bertz CT molecular complexity index is 368. The van der Waals surface area contributed by atoms with E-state index < -0.39 is 11.9 Å². The lowest BCUT2D eigenvalue weighted by molar-refractivity contribution is -0.142. The molecule has 1 unspecified atom stereocenters. The maximum Gasteiger partial charge on any atom is 0.314 e. The average molecular weight is 248 g/mol. The van der Waals surface area contributed by atoms with Crippen molar-refractivity contribution in [1.82, 2.24) is 0 Å². The van der Waals surface area contributed by atoms with Gasteiger partial charge in [-0.25, -0.2) is 0 Å². The second kappa shape index (κ2) is 5.35. The van der Waals surface area contributed by atoms with Crippen LogP contribution in [0.25, 0.3) is 0 Å². The number of methoxy groups -OCH3 is 1. The highest BCUT2D eigenvalue weighted by atomic mass is 35.5. The van der Waals surface area contributed by atoms with E-state index in [9.17, 15) is 4.79 Å². The number of carbonyl (C=O) groups excluding carboxylic acids is 1. The van der Waals surface area contributed by atoms with Crippen molar-refractivity contribution in [1.29, 1.82) is 0 Å². The monoisotopic (exact) mass is 247 g/mol. The maximum absolute atomic E-state index is 11.4. The SMILES string of the molecule is COC(=O)C(CN)c1cccc(Cl)c1Cl. The van der Waals surface area contributed by atoms with Gasteiger partial charge in [0.1, 0.15) is 0 Å². The van der Waals surface area contributed by atoms with Gasteiger partial charge in [0.15, 0.2) is 0 Å². The number of esters is 1. The quantitative estimate of drug-likeness (QED) is 0.834. The molecule has 0 aliphatic carbocycles. The molecule has 2 N–H and O–H groups in total. The van der Waals surface area contributed by atoms with E-state index in [1.54, 1.807) is 18.2 Å². The summed E-state index contributed by atoms with van der Waals surface area (Å²) in [4.78, 5) is 11.4. The molecule has 1 aromatic carbocycles. The van der Waals surface area contributed by atoms with Crippen molar-refractivity contribution in [3.8, 4) is 0 Å². The van der Waals surface area contributed by atoms with Crippen molar-refractivity contribution in [2.45, 2.75) is 5.92 Å². The molecule has 0 aliphatic rings. The Labute approximate surface area is 98.1 Å². The Morgan fingerprint density at radius 3 is 2.73 bits per heavy atom. The predicted octanol–water partition coefficient (Wildman–Crippen LogP) is 2.21. The van der Waals surface area contributed by atoms with Crippen LogP contribution in [0.3, 0.4) is 0 Å². The zero-order valence-electron chi connectivity index (χ0n) is 8.17. The molecule has 0 saturated carbocycles. The minimum Gasteiger partial charge on any atom is -0.469 e. The molecular formula is C10H11Cl2NO2. The Morgan fingerprint density at radius 1 is 1.53 bits per heavy atom. The number of rotatable bonds is 3. The third-order valence-electron chi connectivity index (χ3n) is 2.08. The first-order chi connectivity index (χ1) is 7.11. The molecule has 0 bridgehead atoms. The van der Waals surface area contributed by atoms with Gasteiger partial charge in [0.25, 0.3) is 0 Å². The highest BCUT2D eigenvalue weighted by Gasteiger charge is 2.22. The first-order valence-electron chi connectivity index (χ1n) is 4.33. The summed E-state index contributed by atoms with van der Waals surface area (Å²) in [5.41, 5.74) is 6.09. The smallest absolute Gasteiger partial charge is 0.314 e. The topological polar surface area (TPSA) is 52.3 Å². The normalized spacial score (nSPS) is 12.3. The van der Waals surface area contributed by atoms with E-state index in [0.717, 1.165) is 0 Å². The van der Waals surface area contributed by atoms with E-state index in [2.05, 4.69) is 4.74 Å². The van der Waals surface area contributed by atoms with Crippen molar-refractivity contribution in [2.24, 2.45) is 5.73 Å². The Kier molecular flexibility index (Phi) is 4.39. The fourth-order valence-corrected chi connectivity index (χ4v) is 1.72. The Morgan fingerprint density at radius 2 is 2.20 bits per heavy atom. The van der Waals surface area contributed by atoms with Gasteiger partial charge in [-0.3, -0.25) is 4.79 Å². The molecule has 0 heterocycles. The summed E-state index contributed by atoms with van der Waals surface area (Å²) in [7, 11) is 1.31. The second-order valence-electron chi connectivity index (χ2n) is 2.95. The Hall–Kier alpha value is -0.770. The van der Waals surface area contributed by atoms with E-state index in [-0.39, 0.29) is 6.54 Å². The van der Waals surface area contributed by atoms with Gasteiger partial charge in [-0.15, -0.1) is 0 Å². The molecule has 0 saturated heterocycles. The molecule has 0 radical (unpaired) electrons. The van der Waals surface area contributed by atoms with Gasteiger partial charge >= 0.3 is 5.97 Å². The number of ether oxygens (including phenoxy) is 1. The third kappa shape index (κ3) is 2.62. The lowest BCUT2D eigenvalue weighted by Crippen LogP contribution is -2.23. The highest BCUT2D eigenvalue weighted by molar-refractivity contribution is 6.42. The second-order valence-corrected chi connectivity index (χ2v) is 3.74. The van der Waals surface area contributed by atoms with Crippen LogP contribution in [0.4, 0.5) is 0 Å². The van der Waals surface area contributed by atoms with Crippen LogP contribution in [0, 0.1) is 0 Å². The lowest BCUT2D eigenvalue weighted by Gasteiger charge is -2.14. The average Bonchev–Trinajstić information content (AvgIpc) is 2.24. The van der Waals surface area contributed by atoms with E-state index >= 15 is 0 Å². The summed E-state index contributed by atoms with van der Waals surface area (Å²) in [6.07, 6.45) is 0. The minimum absolute atomic E-state index is 0.132. The fourth-order valence-electron chi connectivity index (χ4n) is 1.28. The highest BCUT2D eigenvalue weighted by Crippen LogP contribution is 2.31. The molecule has 0 fully saturated rings. The standard InChI is InChI=1S/C10H11Cl2NO2/c1-15-10(14)7(5-13)6-3-2-4-8(11)9(6)12/h2-4,7H,5,13H2,1H3. The van der Waals surface area contributed by atoms with E-state index in [0.29, 0.717) is 15.6 Å². The summed E-state index contributed by atoms with van der Waals surface area (Å²) in [5.74, 6) is -0.983. The summed E-state index contributed by atoms with van der Waals surface area (Å²) in [6.45, 7) is 0.132. The molecule has 0 aromatic heterocycles. The molecule has 1 atom stereocenters. The van der Waals surface area contributed by atoms with Crippen LogP contribution in [-0.4, -0.2) is 19.6 Å². The van der Waals surface area contributed by atoms with Gasteiger partial charge in [-0.05, 0) is 11.6 Å². The summed E-state index contributed by atoms with van der Waals surface area (Å²) < 4.78 is 4.63. The van der Waals surface area contributed by atoms with Gasteiger partial charge in [0.2, 0.25) is 0 Å². The van der Waals surface area contributed by atoms with Gasteiger partial charge in [0, 0.05) is 6.54 Å². The zero-order valence-corrected chi connectivity index (χ0v) is 9.68. The number of carbonyl (C=O) groups is 1. The van der Waals surface area contributed by atoms with Crippen molar-refractivity contribution in [2.75, 3.05) is 13.7 Å². The maximum atomic E-state index is 11.4. The van der Waals surface area contributed by atoms with Gasteiger partial charge < -0.3 is 10.5 Å². The third-order valence-corrected chi connectivity index (χ3v) is 2.91. The van der Waals surface area contributed by atoms with Crippen LogP contribution in [0.5, 0.6) is 0 Å². The van der Waals surface area contributed by atoms with Crippen molar-refractivity contribution >= 4 is 29.2 Å². The molecule has 0 amide bonds. The number of hydrogen-bond acceptors (Lipinski definition) is 3. The molecule has 5 heteroatoms. The van der Waals surface area contributed by atoms with Crippen molar-refractivity contribution < 1.29 is 9.53 Å². The summed E-state index contributed by atoms with van der Waals surface area (Å²) in [5, 5.41) is 0.747. The number of hydrogen-bond donors (Lipinski definition) is 1. The molecule has 1 aromatic rings. The van der Waals surface area contributed by atoms with Crippen molar-refractivity contribution in [3.63, 3.8) is 0 Å². The summed E-state index contributed by atoms with van der Waals surface area (Å²) in [6, 6.07) is 5.08. The van der Waals surface area contributed by atoms with Gasteiger partial charge in [0.05, 0.1) is 23.1 Å². The molecule has 15 heavy (non-hydrogen) atoms. The molecular weight excluding hydrogens is 237 g/mol. The predicted molar refractivity (Wildman–Crippen MR) is 60.3 cm³/mol. The lowest BCUT2D eigenvalue weighted by atomic mass is 9.99. The van der Waals surface area contributed by atoms with Gasteiger partial charge in [-0.2, -0.15) is 0 Å². The first kappa shape index (κ1) is 12.3. The number of nitrogens with two attached hydrogens (primary N) is 1.